The fourth-order valence-electron chi connectivity index (χ4n) is 4.21. The first-order valence-corrected chi connectivity index (χ1v) is 10.9. The van der Waals surface area contributed by atoms with Crippen LogP contribution in [0.1, 0.15) is 48.1 Å². The second kappa shape index (κ2) is 9.32. The van der Waals surface area contributed by atoms with Crippen LogP contribution in [0, 0.1) is 0 Å². The first-order chi connectivity index (χ1) is 15.5. The Kier molecular flexibility index (Phi) is 6.32. The summed E-state index contributed by atoms with van der Waals surface area (Å²) in [6.07, 6.45) is 2.24. The van der Waals surface area contributed by atoms with Crippen molar-refractivity contribution in [2.24, 2.45) is 5.73 Å². The van der Waals surface area contributed by atoms with Gasteiger partial charge in [-0.25, -0.2) is 4.68 Å². The van der Waals surface area contributed by atoms with Gasteiger partial charge in [-0.2, -0.15) is 5.10 Å². The average molecular weight is 436 g/mol. The molecule has 0 bridgehead atoms. The normalized spacial score (nSPS) is 16.1. The molecule has 3 aromatic rings. The Morgan fingerprint density at radius 1 is 1.28 bits per heavy atom. The van der Waals surface area contributed by atoms with Crippen molar-refractivity contribution in [3.63, 3.8) is 0 Å². The van der Waals surface area contributed by atoms with Gasteiger partial charge in [0.15, 0.2) is 0 Å². The third kappa shape index (κ3) is 4.13. The van der Waals surface area contributed by atoms with Crippen LogP contribution in [0.3, 0.4) is 0 Å². The van der Waals surface area contributed by atoms with Crippen molar-refractivity contribution in [2.75, 3.05) is 24.2 Å². The molecule has 2 heterocycles. The summed E-state index contributed by atoms with van der Waals surface area (Å²) in [4.78, 5) is 12.4. The van der Waals surface area contributed by atoms with E-state index in [9.17, 15) is 9.90 Å². The number of ether oxygens (including phenoxy) is 1. The Labute approximate surface area is 187 Å². The number of nitrogens with two attached hydrogens (primary N) is 2. The molecule has 8 nitrogen and oxygen atoms in total. The van der Waals surface area contributed by atoms with Gasteiger partial charge in [0.05, 0.1) is 12.6 Å². The van der Waals surface area contributed by atoms with Gasteiger partial charge in [0, 0.05) is 17.8 Å². The average Bonchev–Trinajstić information content (AvgIpc) is 3.20. The lowest BCUT2D eigenvalue weighted by Gasteiger charge is -2.27. The topological polar surface area (TPSA) is 128 Å². The van der Waals surface area contributed by atoms with Crippen LogP contribution in [0.5, 0.6) is 5.75 Å². The molecule has 2 atom stereocenters. The molecular weight excluding hydrogens is 406 g/mol. The lowest BCUT2D eigenvalue weighted by molar-refractivity contribution is 0.100. The van der Waals surface area contributed by atoms with E-state index >= 15 is 0 Å². The van der Waals surface area contributed by atoms with Gasteiger partial charge in [0.1, 0.15) is 28.9 Å². The first-order valence-electron chi connectivity index (χ1n) is 10.9. The zero-order valence-electron chi connectivity index (χ0n) is 18.1. The molecule has 0 saturated carbocycles. The Hall–Kier alpha value is -3.52. The zero-order valence-corrected chi connectivity index (χ0v) is 18.1. The molecule has 168 valence electrons. The predicted molar refractivity (Wildman–Crippen MR) is 125 cm³/mol. The van der Waals surface area contributed by atoms with Crippen molar-refractivity contribution in [1.82, 2.24) is 9.78 Å². The highest BCUT2D eigenvalue weighted by Crippen LogP contribution is 2.38. The van der Waals surface area contributed by atoms with Crippen molar-refractivity contribution >= 4 is 17.4 Å². The van der Waals surface area contributed by atoms with Crippen molar-refractivity contribution in [2.45, 2.75) is 38.3 Å². The molecule has 8 heteroatoms. The van der Waals surface area contributed by atoms with Crippen LogP contribution in [0.25, 0.3) is 11.3 Å². The second-order valence-electron chi connectivity index (χ2n) is 7.98. The number of aromatic nitrogens is 2. The van der Waals surface area contributed by atoms with Crippen LogP contribution in [0.2, 0.25) is 0 Å². The summed E-state index contributed by atoms with van der Waals surface area (Å²) in [5.74, 6) is 0.716. The third-order valence-electron chi connectivity index (χ3n) is 5.76. The van der Waals surface area contributed by atoms with E-state index in [4.69, 9.17) is 21.3 Å². The number of aliphatic hydroxyl groups excluding tert-OH is 1. The van der Waals surface area contributed by atoms with Gasteiger partial charge < -0.3 is 26.6 Å². The number of anilines is 2. The smallest absolute Gasteiger partial charge is 0.254 e. The van der Waals surface area contributed by atoms with Gasteiger partial charge in [0.2, 0.25) is 0 Å². The standard InChI is InChI=1S/C24H29N5O3/c1-2-5-17(14-30)32-16-10-8-15(9-11-16)22-21(23(26)31)24-27-13-12-20(29(24)28-22)18-6-3-4-7-19(18)25/h3-4,6-11,17,20,27,30H,2,5,12-14,25H2,1H3,(H2,26,31). The number of para-hydroxylation sites is 1. The third-order valence-corrected chi connectivity index (χ3v) is 5.76. The summed E-state index contributed by atoms with van der Waals surface area (Å²) >= 11 is 0. The summed E-state index contributed by atoms with van der Waals surface area (Å²) in [5.41, 5.74) is 15.3. The number of rotatable bonds is 8. The maximum atomic E-state index is 12.4. The summed E-state index contributed by atoms with van der Waals surface area (Å²) in [6, 6.07) is 14.9. The maximum Gasteiger partial charge on any atom is 0.254 e. The van der Waals surface area contributed by atoms with E-state index in [1.807, 2.05) is 60.1 Å². The van der Waals surface area contributed by atoms with Crippen molar-refractivity contribution < 1.29 is 14.6 Å². The molecule has 1 aromatic heterocycles. The molecule has 1 aliphatic rings. The molecular formula is C24H29N5O3. The minimum absolute atomic E-state index is 0.0368. The van der Waals surface area contributed by atoms with Gasteiger partial charge in [-0.15, -0.1) is 0 Å². The number of benzene rings is 2. The molecule has 0 radical (unpaired) electrons. The quantitative estimate of drug-likeness (QED) is 0.402. The van der Waals surface area contributed by atoms with Crippen molar-refractivity contribution in [1.29, 1.82) is 0 Å². The SMILES string of the molecule is CCCC(CO)Oc1ccc(-c2nn3c(c2C(N)=O)NCCC3c2ccccc2N)cc1. The number of nitrogens with zero attached hydrogens (tertiary/aromatic N) is 2. The predicted octanol–water partition coefficient (Wildman–Crippen LogP) is 3.18. The van der Waals surface area contributed by atoms with Crippen LogP contribution in [0.15, 0.2) is 48.5 Å². The van der Waals surface area contributed by atoms with Crippen LogP contribution in [-0.2, 0) is 0 Å². The monoisotopic (exact) mass is 435 g/mol. The number of primary amides is 1. The lowest BCUT2D eigenvalue weighted by atomic mass is 10.00. The van der Waals surface area contributed by atoms with E-state index in [1.54, 1.807) is 0 Å². The summed E-state index contributed by atoms with van der Waals surface area (Å²) in [5, 5.41) is 17.6. The Morgan fingerprint density at radius 3 is 2.69 bits per heavy atom. The molecule has 1 aliphatic heterocycles. The van der Waals surface area contributed by atoms with Gasteiger partial charge in [-0.05, 0) is 48.7 Å². The van der Waals surface area contributed by atoms with E-state index in [1.165, 1.54) is 0 Å². The first kappa shape index (κ1) is 21.7. The molecule has 0 spiro atoms. The number of hydrogen-bond acceptors (Lipinski definition) is 6. The van der Waals surface area contributed by atoms with Crippen LogP contribution >= 0.6 is 0 Å². The number of nitrogens with one attached hydrogen (secondary N) is 1. The van der Waals surface area contributed by atoms with E-state index in [0.717, 1.165) is 30.4 Å². The fraction of sp³-hybridized carbons (Fsp3) is 0.333. The molecule has 0 saturated heterocycles. The van der Waals surface area contributed by atoms with E-state index in [2.05, 4.69) is 5.32 Å². The lowest BCUT2D eigenvalue weighted by Crippen LogP contribution is -2.26. The molecule has 0 fully saturated rings. The number of carbonyl (C=O) groups excluding carboxylic acids is 1. The number of fused-ring (bicyclic) bond motifs is 1. The number of aliphatic hydroxyl groups is 1. The van der Waals surface area contributed by atoms with Gasteiger partial charge in [-0.1, -0.05) is 31.5 Å². The molecule has 2 unspecified atom stereocenters. The van der Waals surface area contributed by atoms with Gasteiger partial charge >= 0.3 is 0 Å². The highest BCUT2D eigenvalue weighted by Gasteiger charge is 2.31. The minimum Gasteiger partial charge on any atom is -0.488 e. The maximum absolute atomic E-state index is 12.4. The highest BCUT2D eigenvalue weighted by atomic mass is 16.5. The Morgan fingerprint density at radius 2 is 2.03 bits per heavy atom. The number of nitrogen functional groups attached to an aromatic ring is 1. The van der Waals surface area contributed by atoms with Gasteiger partial charge in [-0.3, -0.25) is 4.79 Å². The Balaban J connectivity index is 1.71. The zero-order chi connectivity index (χ0) is 22.7. The number of hydrogen-bond donors (Lipinski definition) is 4. The molecule has 6 N–H and O–H groups in total. The molecule has 4 rings (SSSR count). The summed E-state index contributed by atoms with van der Waals surface area (Å²) in [7, 11) is 0. The summed E-state index contributed by atoms with van der Waals surface area (Å²) in [6.45, 7) is 2.69. The van der Waals surface area contributed by atoms with E-state index < -0.39 is 5.91 Å². The second-order valence-corrected chi connectivity index (χ2v) is 7.98. The van der Waals surface area contributed by atoms with Crippen molar-refractivity contribution in [3.05, 3.63) is 59.7 Å². The van der Waals surface area contributed by atoms with Gasteiger partial charge in [0.25, 0.3) is 5.91 Å². The highest BCUT2D eigenvalue weighted by molar-refractivity contribution is 6.04. The number of amides is 1. The van der Waals surface area contributed by atoms with E-state index in [-0.39, 0.29) is 18.8 Å². The minimum atomic E-state index is -0.543. The fourth-order valence-corrected chi connectivity index (χ4v) is 4.21. The number of carbonyl (C=O) groups is 1. The molecule has 32 heavy (non-hydrogen) atoms. The van der Waals surface area contributed by atoms with Crippen molar-refractivity contribution in [3.8, 4) is 17.0 Å². The summed E-state index contributed by atoms with van der Waals surface area (Å²) < 4.78 is 7.67. The van der Waals surface area contributed by atoms with Crippen LogP contribution in [-0.4, -0.2) is 40.0 Å². The Bertz CT molecular complexity index is 1090. The largest absolute Gasteiger partial charge is 0.488 e. The molecule has 1 amide bonds. The molecule has 0 aliphatic carbocycles. The van der Waals surface area contributed by atoms with E-state index in [0.29, 0.717) is 35.1 Å². The van der Waals surface area contributed by atoms with Crippen LogP contribution < -0.4 is 21.5 Å². The van der Waals surface area contributed by atoms with Crippen LogP contribution in [0.4, 0.5) is 11.5 Å². The molecule has 2 aromatic carbocycles.